The van der Waals surface area contributed by atoms with E-state index in [1.807, 2.05) is 13.8 Å². The fraction of sp³-hybridized carbons (Fsp3) is 0.400. The van der Waals surface area contributed by atoms with Gasteiger partial charge in [-0.05, 0) is 17.5 Å². The first-order chi connectivity index (χ1) is 6.81. The van der Waals surface area contributed by atoms with Crippen LogP contribution < -0.4 is 4.74 Å². The van der Waals surface area contributed by atoms with E-state index in [0.29, 0.717) is 5.56 Å². The molecule has 0 fully saturated rings. The fourth-order valence-corrected chi connectivity index (χ4v) is 1.56. The van der Waals surface area contributed by atoms with Crippen LogP contribution in [-0.2, 0) is 0 Å². The lowest BCUT2D eigenvalue weighted by Gasteiger charge is -2.14. The first-order valence-electron chi connectivity index (χ1n) is 4.35. The van der Waals surface area contributed by atoms with Crippen LogP contribution >= 0.6 is 11.6 Å². The summed E-state index contributed by atoms with van der Waals surface area (Å²) in [6, 6.07) is 4.36. The van der Waals surface area contributed by atoms with E-state index >= 15 is 0 Å². The van der Waals surface area contributed by atoms with E-state index in [-0.39, 0.29) is 16.7 Å². The number of alkyl halides is 3. The molecule has 0 bridgehead atoms. The molecule has 0 heterocycles. The van der Waals surface area contributed by atoms with Gasteiger partial charge in [0.15, 0.2) is 0 Å². The fourth-order valence-electron chi connectivity index (χ4n) is 1.18. The maximum absolute atomic E-state index is 12.0. The second-order valence-corrected chi connectivity index (χ2v) is 3.74. The second kappa shape index (κ2) is 4.31. The van der Waals surface area contributed by atoms with Gasteiger partial charge in [0.2, 0.25) is 0 Å². The van der Waals surface area contributed by atoms with Crippen molar-refractivity contribution in [2.75, 3.05) is 0 Å². The van der Waals surface area contributed by atoms with Gasteiger partial charge in [0, 0.05) is 0 Å². The normalized spacial score (nSPS) is 11.9. The van der Waals surface area contributed by atoms with Crippen molar-refractivity contribution in [1.29, 1.82) is 0 Å². The van der Waals surface area contributed by atoms with E-state index in [9.17, 15) is 13.2 Å². The SMILES string of the molecule is CC(C)c1cccc(OC(F)(F)F)c1Cl. The third kappa shape index (κ3) is 3.30. The summed E-state index contributed by atoms with van der Waals surface area (Å²) >= 11 is 5.78. The van der Waals surface area contributed by atoms with Crippen LogP contribution in [0.1, 0.15) is 25.3 Å². The molecule has 0 N–H and O–H groups in total. The largest absolute Gasteiger partial charge is 0.573 e. The molecule has 5 heteroatoms. The Morgan fingerprint density at radius 1 is 1.27 bits per heavy atom. The quantitative estimate of drug-likeness (QED) is 0.744. The predicted molar refractivity (Wildman–Crippen MR) is 52.2 cm³/mol. The van der Waals surface area contributed by atoms with Crippen LogP contribution in [0.15, 0.2) is 18.2 Å². The highest BCUT2D eigenvalue weighted by Crippen LogP contribution is 2.35. The Bertz CT molecular complexity index is 347. The number of hydrogen-bond acceptors (Lipinski definition) is 1. The third-order valence-electron chi connectivity index (χ3n) is 1.84. The molecule has 0 aliphatic heterocycles. The van der Waals surface area contributed by atoms with Gasteiger partial charge in [0.1, 0.15) is 5.75 Å². The summed E-state index contributed by atoms with van der Waals surface area (Å²) in [6.45, 7) is 3.69. The molecule has 1 rings (SSSR count). The zero-order valence-electron chi connectivity index (χ0n) is 8.23. The Kier molecular flexibility index (Phi) is 3.50. The van der Waals surface area contributed by atoms with Gasteiger partial charge in [0.05, 0.1) is 5.02 Å². The Labute approximate surface area is 90.8 Å². The monoisotopic (exact) mass is 238 g/mol. The maximum atomic E-state index is 12.0. The average Bonchev–Trinajstić information content (AvgIpc) is 2.05. The van der Waals surface area contributed by atoms with E-state index in [2.05, 4.69) is 4.74 Å². The molecule has 0 aliphatic rings. The summed E-state index contributed by atoms with van der Waals surface area (Å²) in [7, 11) is 0. The second-order valence-electron chi connectivity index (χ2n) is 3.36. The zero-order valence-corrected chi connectivity index (χ0v) is 8.99. The number of ether oxygens (including phenoxy) is 1. The van der Waals surface area contributed by atoms with Crippen molar-refractivity contribution in [1.82, 2.24) is 0 Å². The molecule has 0 radical (unpaired) electrons. The summed E-state index contributed by atoms with van der Waals surface area (Å²) in [4.78, 5) is 0. The Morgan fingerprint density at radius 2 is 1.87 bits per heavy atom. The van der Waals surface area contributed by atoms with E-state index in [1.165, 1.54) is 12.1 Å². The lowest BCUT2D eigenvalue weighted by molar-refractivity contribution is -0.274. The van der Waals surface area contributed by atoms with Crippen molar-refractivity contribution < 1.29 is 17.9 Å². The zero-order chi connectivity index (χ0) is 11.6. The molecule has 0 saturated heterocycles. The molecule has 1 aromatic rings. The number of rotatable bonds is 2. The van der Waals surface area contributed by atoms with Crippen molar-refractivity contribution in [3.8, 4) is 5.75 Å². The van der Waals surface area contributed by atoms with Crippen LogP contribution in [0.3, 0.4) is 0 Å². The van der Waals surface area contributed by atoms with Gasteiger partial charge in [-0.3, -0.25) is 0 Å². The van der Waals surface area contributed by atoms with Crippen LogP contribution in [-0.4, -0.2) is 6.36 Å². The summed E-state index contributed by atoms with van der Waals surface area (Å²) in [5.74, 6) is -0.301. The standard InChI is InChI=1S/C10H10ClF3O/c1-6(2)7-4-3-5-8(9(7)11)15-10(12,13)14/h3-6H,1-2H3. The minimum Gasteiger partial charge on any atom is -0.404 e. The maximum Gasteiger partial charge on any atom is 0.573 e. The molecule has 15 heavy (non-hydrogen) atoms. The minimum atomic E-state index is -4.71. The van der Waals surface area contributed by atoms with Gasteiger partial charge in [-0.1, -0.05) is 37.6 Å². The number of halogens is 4. The smallest absolute Gasteiger partial charge is 0.404 e. The van der Waals surface area contributed by atoms with E-state index < -0.39 is 6.36 Å². The highest BCUT2D eigenvalue weighted by molar-refractivity contribution is 6.32. The van der Waals surface area contributed by atoms with Crippen LogP contribution in [0.2, 0.25) is 5.02 Å². The first kappa shape index (κ1) is 12.2. The Morgan fingerprint density at radius 3 is 2.33 bits per heavy atom. The molecule has 0 saturated carbocycles. The predicted octanol–water partition coefficient (Wildman–Crippen LogP) is 4.36. The van der Waals surface area contributed by atoms with Crippen molar-refractivity contribution in [3.63, 3.8) is 0 Å². The third-order valence-corrected chi connectivity index (χ3v) is 2.25. The van der Waals surface area contributed by atoms with Gasteiger partial charge in [-0.2, -0.15) is 0 Å². The number of benzene rings is 1. The van der Waals surface area contributed by atoms with Gasteiger partial charge in [0.25, 0.3) is 0 Å². The molecule has 1 aromatic carbocycles. The highest BCUT2D eigenvalue weighted by Gasteiger charge is 2.32. The van der Waals surface area contributed by atoms with Crippen LogP contribution in [0.25, 0.3) is 0 Å². The summed E-state index contributed by atoms with van der Waals surface area (Å²) < 4.78 is 39.7. The number of hydrogen-bond donors (Lipinski definition) is 0. The van der Waals surface area contributed by atoms with Crippen molar-refractivity contribution in [3.05, 3.63) is 28.8 Å². The van der Waals surface area contributed by atoms with E-state index in [0.717, 1.165) is 0 Å². The van der Waals surface area contributed by atoms with Crippen molar-refractivity contribution >= 4 is 11.6 Å². The van der Waals surface area contributed by atoms with Crippen LogP contribution in [0, 0.1) is 0 Å². The van der Waals surface area contributed by atoms with Crippen LogP contribution in [0.4, 0.5) is 13.2 Å². The summed E-state index contributed by atoms with van der Waals surface area (Å²) in [5, 5.41) is 0.0184. The molecule has 0 atom stereocenters. The average molecular weight is 239 g/mol. The lowest BCUT2D eigenvalue weighted by atomic mass is 10.0. The van der Waals surface area contributed by atoms with Gasteiger partial charge in [-0.15, -0.1) is 13.2 Å². The molecule has 84 valence electrons. The molecule has 0 spiro atoms. The van der Waals surface area contributed by atoms with E-state index in [4.69, 9.17) is 11.6 Å². The molecule has 0 amide bonds. The van der Waals surface area contributed by atoms with Gasteiger partial charge < -0.3 is 4.74 Å². The molecular formula is C10H10ClF3O. The first-order valence-corrected chi connectivity index (χ1v) is 4.73. The lowest BCUT2D eigenvalue weighted by Crippen LogP contribution is -2.17. The van der Waals surface area contributed by atoms with Crippen molar-refractivity contribution in [2.45, 2.75) is 26.1 Å². The Hall–Kier alpha value is -0.900. The van der Waals surface area contributed by atoms with Crippen LogP contribution in [0.5, 0.6) is 5.75 Å². The topological polar surface area (TPSA) is 9.23 Å². The highest BCUT2D eigenvalue weighted by atomic mass is 35.5. The molecule has 1 nitrogen and oxygen atoms in total. The van der Waals surface area contributed by atoms with Crippen molar-refractivity contribution in [2.24, 2.45) is 0 Å². The van der Waals surface area contributed by atoms with Gasteiger partial charge in [-0.25, -0.2) is 0 Å². The minimum absolute atomic E-state index is 0.0184. The summed E-state index contributed by atoms with van der Waals surface area (Å²) in [6.07, 6.45) is -4.71. The summed E-state index contributed by atoms with van der Waals surface area (Å²) in [5.41, 5.74) is 0.637. The van der Waals surface area contributed by atoms with E-state index in [1.54, 1.807) is 6.07 Å². The molecule has 0 unspecified atom stereocenters. The molecule has 0 aromatic heterocycles. The molecular weight excluding hydrogens is 229 g/mol. The van der Waals surface area contributed by atoms with Gasteiger partial charge >= 0.3 is 6.36 Å². The Balaban J connectivity index is 3.05. The molecule has 0 aliphatic carbocycles.